The van der Waals surface area contributed by atoms with Crippen molar-refractivity contribution in [1.82, 2.24) is 24.7 Å². The van der Waals surface area contributed by atoms with E-state index in [1.165, 1.54) is 18.5 Å². The second-order valence-electron chi connectivity index (χ2n) is 6.04. The third-order valence-electron chi connectivity index (χ3n) is 4.47. The first kappa shape index (κ1) is 13.3. The van der Waals surface area contributed by atoms with E-state index in [0.29, 0.717) is 6.04 Å². The Kier molecular flexibility index (Phi) is 3.10. The third-order valence-corrected chi connectivity index (χ3v) is 4.47. The van der Waals surface area contributed by atoms with E-state index in [9.17, 15) is 0 Å². The van der Waals surface area contributed by atoms with E-state index in [1.54, 1.807) is 6.33 Å². The zero-order valence-corrected chi connectivity index (χ0v) is 13.0. The number of anilines is 1. The molecule has 6 heteroatoms. The molecule has 22 heavy (non-hydrogen) atoms. The molecule has 1 fully saturated rings. The van der Waals surface area contributed by atoms with Crippen molar-refractivity contribution in [3.63, 3.8) is 0 Å². The van der Waals surface area contributed by atoms with Gasteiger partial charge in [-0.3, -0.25) is 4.68 Å². The summed E-state index contributed by atoms with van der Waals surface area (Å²) < 4.78 is 2.12. The van der Waals surface area contributed by atoms with Crippen LogP contribution in [0.25, 0.3) is 11.0 Å². The molecule has 0 radical (unpaired) electrons. The highest BCUT2D eigenvalue weighted by atomic mass is 15.3. The third kappa shape index (κ3) is 2.15. The Hall–Kier alpha value is -2.37. The number of nitrogens with one attached hydrogen (secondary N) is 1. The number of aromatic nitrogens is 5. The molecule has 3 aromatic rings. The van der Waals surface area contributed by atoms with Gasteiger partial charge in [-0.05, 0) is 38.8 Å². The van der Waals surface area contributed by atoms with E-state index < -0.39 is 0 Å². The van der Waals surface area contributed by atoms with Gasteiger partial charge in [-0.2, -0.15) is 5.10 Å². The first-order valence-corrected chi connectivity index (χ1v) is 7.78. The van der Waals surface area contributed by atoms with Crippen LogP contribution in [0.2, 0.25) is 0 Å². The number of aromatic amines is 1. The molecule has 0 aliphatic carbocycles. The van der Waals surface area contributed by atoms with Crippen LogP contribution < -0.4 is 4.90 Å². The minimum atomic E-state index is 0.436. The van der Waals surface area contributed by atoms with Crippen LogP contribution in [0.4, 0.5) is 5.82 Å². The predicted octanol–water partition coefficient (Wildman–Crippen LogP) is 2.44. The maximum Gasteiger partial charge on any atom is 0.142 e. The van der Waals surface area contributed by atoms with Crippen molar-refractivity contribution in [3.05, 3.63) is 36.0 Å². The second kappa shape index (κ2) is 5.12. The molecule has 1 N–H and O–H groups in total. The lowest BCUT2D eigenvalue weighted by molar-refractivity contribution is 0.497. The molecule has 1 aliphatic rings. The Balaban J connectivity index is 1.66. The van der Waals surface area contributed by atoms with Crippen molar-refractivity contribution in [2.24, 2.45) is 0 Å². The minimum absolute atomic E-state index is 0.436. The van der Waals surface area contributed by atoms with E-state index >= 15 is 0 Å². The second-order valence-corrected chi connectivity index (χ2v) is 6.04. The van der Waals surface area contributed by atoms with Gasteiger partial charge in [0.15, 0.2) is 0 Å². The molecule has 0 spiro atoms. The van der Waals surface area contributed by atoms with Crippen molar-refractivity contribution in [2.75, 3.05) is 11.4 Å². The monoisotopic (exact) mass is 296 g/mol. The van der Waals surface area contributed by atoms with E-state index in [0.717, 1.165) is 35.6 Å². The lowest BCUT2D eigenvalue weighted by atomic mass is 10.2. The van der Waals surface area contributed by atoms with Crippen molar-refractivity contribution in [2.45, 2.75) is 39.3 Å². The largest absolute Gasteiger partial charge is 0.351 e. The number of fused-ring (bicyclic) bond motifs is 1. The summed E-state index contributed by atoms with van der Waals surface area (Å²) in [5.41, 5.74) is 3.21. The normalized spacial score (nSPS) is 18.5. The van der Waals surface area contributed by atoms with Crippen molar-refractivity contribution >= 4 is 16.9 Å². The molecule has 1 atom stereocenters. The van der Waals surface area contributed by atoms with Crippen LogP contribution in [0, 0.1) is 13.8 Å². The fraction of sp³-hybridized carbons (Fsp3) is 0.438. The minimum Gasteiger partial charge on any atom is -0.351 e. The molecular formula is C16H20N6. The number of hydrogen-bond acceptors (Lipinski definition) is 4. The molecule has 4 rings (SSSR count). The summed E-state index contributed by atoms with van der Waals surface area (Å²) in [6.07, 6.45) is 5.94. The molecular weight excluding hydrogens is 276 g/mol. The maximum absolute atomic E-state index is 4.61. The molecule has 1 saturated heterocycles. The van der Waals surface area contributed by atoms with Crippen LogP contribution >= 0.6 is 0 Å². The topological polar surface area (TPSA) is 62.6 Å². The predicted molar refractivity (Wildman–Crippen MR) is 86.0 cm³/mol. The van der Waals surface area contributed by atoms with Gasteiger partial charge >= 0.3 is 0 Å². The summed E-state index contributed by atoms with van der Waals surface area (Å²) in [4.78, 5) is 14.4. The van der Waals surface area contributed by atoms with Crippen LogP contribution in [0.5, 0.6) is 0 Å². The molecule has 0 amide bonds. The fourth-order valence-corrected chi connectivity index (χ4v) is 3.45. The van der Waals surface area contributed by atoms with Crippen molar-refractivity contribution in [3.8, 4) is 0 Å². The van der Waals surface area contributed by atoms with Crippen molar-refractivity contribution in [1.29, 1.82) is 0 Å². The lowest BCUT2D eigenvalue weighted by Gasteiger charge is -2.26. The lowest BCUT2D eigenvalue weighted by Crippen LogP contribution is -2.34. The highest BCUT2D eigenvalue weighted by Crippen LogP contribution is 2.29. The number of nitrogens with zero attached hydrogens (tertiary/aromatic N) is 5. The summed E-state index contributed by atoms with van der Waals surface area (Å²) in [5.74, 6) is 1.04. The highest BCUT2D eigenvalue weighted by molar-refractivity contribution is 5.87. The SMILES string of the molecule is Cc1cc(C)n(CC2CCCN2c2ncnc3[nH]ccc23)n1. The van der Waals surface area contributed by atoms with Gasteiger partial charge in [-0.15, -0.1) is 0 Å². The summed E-state index contributed by atoms with van der Waals surface area (Å²) in [6.45, 7) is 6.12. The summed E-state index contributed by atoms with van der Waals surface area (Å²) in [6, 6.07) is 4.63. The van der Waals surface area contributed by atoms with Gasteiger partial charge in [0.1, 0.15) is 17.8 Å². The Morgan fingerprint density at radius 1 is 1.32 bits per heavy atom. The standard InChI is InChI=1S/C16H20N6/c1-11-8-12(2)22(20-11)9-13-4-3-7-21(13)16-14-5-6-17-15(14)18-10-19-16/h5-6,8,10,13H,3-4,7,9H2,1-2H3,(H,17,18,19). The highest BCUT2D eigenvalue weighted by Gasteiger charge is 2.28. The molecule has 0 bridgehead atoms. The van der Waals surface area contributed by atoms with Crippen molar-refractivity contribution < 1.29 is 0 Å². The Morgan fingerprint density at radius 2 is 2.23 bits per heavy atom. The van der Waals surface area contributed by atoms with Gasteiger partial charge in [-0.25, -0.2) is 9.97 Å². The van der Waals surface area contributed by atoms with Crippen LogP contribution in [0.15, 0.2) is 24.7 Å². The quantitative estimate of drug-likeness (QED) is 0.806. The summed E-state index contributed by atoms with van der Waals surface area (Å²) in [5, 5.41) is 5.71. The molecule has 1 aliphatic heterocycles. The average molecular weight is 296 g/mol. The zero-order valence-electron chi connectivity index (χ0n) is 13.0. The zero-order chi connectivity index (χ0) is 15.1. The molecule has 4 heterocycles. The van der Waals surface area contributed by atoms with Crippen LogP contribution in [-0.2, 0) is 6.54 Å². The Bertz CT molecular complexity index is 802. The van der Waals surface area contributed by atoms with Gasteiger partial charge in [-0.1, -0.05) is 0 Å². The summed E-state index contributed by atoms with van der Waals surface area (Å²) >= 11 is 0. The van der Waals surface area contributed by atoms with E-state index in [1.807, 2.05) is 13.1 Å². The fourth-order valence-electron chi connectivity index (χ4n) is 3.45. The average Bonchev–Trinajstić information content (AvgIpc) is 3.20. The Morgan fingerprint density at radius 3 is 3.05 bits per heavy atom. The Labute approximate surface area is 129 Å². The molecule has 6 nitrogen and oxygen atoms in total. The molecule has 0 aromatic carbocycles. The molecule has 0 saturated carbocycles. The number of aryl methyl sites for hydroxylation is 2. The molecule has 1 unspecified atom stereocenters. The first-order chi connectivity index (χ1) is 10.7. The maximum atomic E-state index is 4.61. The van der Waals surface area contributed by atoms with E-state index in [-0.39, 0.29) is 0 Å². The van der Waals surface area contributed by atoms with Crippen LogP contribution in [0.1, 0.15) is 24.2 Å². The summed E-state index contributed by atoms with van der Waals surface area (Å²) in [7, 11) is 0. The van der Waals surface area contributed by atoms with E-state index in [2.05, 4.69) is 48.7 Å². The first-order valence-electron chi connectivity index (χ1n) is 7.78. The van der Waals surface area contributed by atoms with Gasteiger partial charge in [0, 0.05) is 18.4 Å². The van der Waals surface area contributed by atoms with Crippen LogP contribution in [-0.4, -0.2) is 37.3 Å². The smallest absolute Gasteiger partial charge is 0.142 e. The van der Waals surface area contributed by atoms with Gasteiger partial charge in [0.05, 0.1) is 23.7 Å². The molecule has 3 aromatic heterocycles. The van der Waals surface area contributed by atoms with Gasteiger partial charge in [0.2, 0.25) is 0 Å². The number of rotatable bonds is 3. The number of H-pyrrole nitrogens is 1. The van der Waals surface area contributed by atoms with Gasteiger partial charge < -0.3 is 9.88 Å². The van der Waals surface area contributed by atoms with Crippen LogP contribution in [0.3, 0.4) is 0 Å². The van der Waals surface area contributed by atoms with Gasteiger partial charge in [0.25, 0.3) is 0 Å². The molecule has 114 valence electrons. The number of hydrogen-bond donors (Lipinski definition) is 1. The van der Waals surface area contributed by atoms with E-state index in [4.69, 9.17) is 0 Å².